The maximum Gasteiger partial charge on any atom is 0.227 e. The van der Waals surface area contributed by atoms with Crippen molar-refractivity contribution < 1.29 is 14.1 Å². The Morgan fingerprint density at radius 3 is 2.75 bits per heavy atom. The van der Waals surface area contributed by atoms with Crippen LogP contribution in [0.3, 0.4) is 0 Å². The zero-order chi connectivity index (χ0) is 16.8. The molecule has 3 rings (SSSR count). The average Bonchev–Trinajstić information content (AvgIpc) is 3.26. The molecule has 0 unspecified atom stereocenters. The van der Waals surface area contributed by atoms with Gasteiger partial charge in [0.1, 0.15) is 5.75 Å². The van der Waals surface area contributed by atoms with E-state index in [1.54, 1.807) is 0 Å². The maximum atomic E-state index is 11.9. The van der Waals surface area contributed by atoms with Gasteiger partial charge in [-0.1, -0.05) is 18.0 Å². The molecule has 1 aromatic carbocycles. The number of aromatic nitrogens is 2. The summed E-state index contributed by atoms with van der Waals surface area (Å²) in [7, 11) is 0. The van der Waals surface area contributed by atoms with Crippen LogP contribution in [0.15, 0.2) is 28.8 Å². The Bertz CT molecular complexity index is 660. The quantitative estimate of drug-likeness (QED) is 0.844. The predicted octanol–water partition coefficient (Wildman–Crippen LogP) is 3.13. The van der Waals surface area contributed by atoms with Crippen molar-refractivity contribution in [1.82, 2.24) is 15.5 Å². The van der Waals surface area contributed by atoms with E-state index in [9.17, 15) is 4.79 Å². The number of nitrogens with one attached hydrogen (secondary N) is 1. The van der Waals surface area contributed by atoms with Gasteiger partial charge >= 0.3 is 0 Å². The van der Waals surface area contributed by atoms with Gasteiger partial charge in [0.15, 0.2) is 0 Å². The minimum atomic E-state index is 0.0581. The van der Waals surface area contributed by atoms with Gasteiger partial charge in [-0.25, -0.2) is 0 Å². The van der Waals surface area contributed by atoms with Crippen molar-refractivity contribution in [3.05, 3.63) is 30.2 Å². The van der Waals surface area contributed by atoms with E-state index < -0.39 is 0 Å². The molecule has 0 spiro atoms. The van der Waals surface area contributed by atoms with Gasteiger partial charge in [-0.3, -0.25) is 4.79 Å². The lowest BCUT2D eigenvalue weighted by atomic mass is 10.2. The molecule has 1 aliphatic rings. The summed E-state index contributed by atoms with van der Waals surface area (Å²) in [5.41, 5.74) is 0.865. The number of benzene rings is 1. The molecule has 0 aliphatic heterocycles. The highest BCUT2D eigenvalue weighted by Gasteiger charge is 2.17. The van der Waals surface area contributed by atoms with E-state index >= 15 is 0 Å². The third-order valence-corrected chi connectivity index (χ3v) is 4.18. The fraction of sp³-hybridized carbons (Fsp3) is 0.500. The first-order valence-corrected chi connectivity index (χ1v) is 8.60. The second kappa shape index (κ2) is 7.95. The lowest BCUT2D eigenvalue weighted by Gasteiger charge is -2.10. The van der Waals surface area contributed by atoms with Gasteiger partial charge in [0, 0.05) is 24.4 Å². The van der Waals surface area contributed by atoms with Crippen molar-refractivity contribution in [3.63, 3.8) is 0 Å². The molecule has 0 atom stereocenters. The van der Waals surface area contributed by atoms with Crippen LogP contribution in [0, 0.1) is 0 Å². The minimum Gasteiger partial charge on any atom is -0.494 e. The van der Waals surface area contributed by atoms with E-state index in [1.165, 1.54) is 12.8 Å². The molecule has 1 N–H and O–H groups in total. The fourth-order valence-electron chi connectivity index (χ4n) is 2.93. The summed E-state index contributed by atoms with van der Waals surface area (Å²) >= 11 is 0. The standard InChI is InChI=1S/C18H23N3O3/c1-2-23-15-9-7-13(8-10-15)18-20-17(24-21-18)12-11-16(22)19-14-5-3-4-6-14/h7-10,14H,2-6,11-12H2,1H3,(H,19,22). The average molecular weight is 329 g/mol. The molecule has 1 saturated carbocycles. The zero-order valence-electron chi connectivity index (χ0n) is 14.0. The predicted molar refractivity (Wildman–Crippen MR) is 89.6 cm³/mol. The molecule has 0 radical (unpaired) electrons. The Hall–Kier alpha value is -2.37. The van der Waals surface area contributed by atoms with Crippen molar-refractivity contribution in [2.75, 3.05) is 6.61 Å². The van der Waals surface area contributed by atoms with Crippen LogP contribution in [-0.4, -0.2) is 28.7 Å². The number of nitrogens with zero attached hydrogens (tertiary/aromatic N) is 2. The van der Waals surface area contributed by atoms with Gasteiger partial charge in [-0.15, -0.1) is 0 Å². The highest BCUT2D eigenvalue weighted by molar-refractivity contribution is 5.76. The number of carbonyl (C=O) groups is 1. The molecule has 1 heterocycles. The summed E-state index contributed by atoms with van der Waals surface area (Å²) in [6.45, 7) is 2.58. The Labute approximate surface area is 141 Å². The van der Waals surface area contributed by atoms with Crippen molar-refractivity contribution >= 4 is 5.91 Å². The molecule has 1 fully saturated rings. The highest BCUT2D eigenvalue weighted by atomic mass is 16.5. The second-order valence-corrected chi connectivity index (χ2v) is 6.02. The molecule has 1 aliphatic carbocycles. The zero-order valence-corrected chi connectivity index (χ0v) is 14.0. The van der Waals surface area contributed by atoms with E-state index in [1.807, 2.05) is 31.2 Å². The lowest BCUT2D eigenvalue weighted by molar-refractivity contribution is -0.121. The summed E-state index contributed by atoms with van der Waals surface area (Å²) in [6.07, 6.45) is 5.44. The fourth-order valence-corrected chi connectivity index (χ4v) is 2.93. The largest absolute Gasteiger partial charge is 0.494 e. The summed E-state index contributed by atoms with van der Waals surface area (Å²) < 4.78 is 10.7. The van der Waals surface area contributed by atoms with Gasteiger partial charge in [-0.2, -0.15) is 4.98 Å². The molecule has 2 aromatic rings. The monoisotopic (exact) mass is 329 g/mol. The van der Waals surface area contributed by atoms with Crippen LogP contribution in [-0.2, 0) is 11.2 Å². The Morgan fingerprint density at radius 2 is 2.04 bits per heavy atom. The molecule has 6 nitrogen and oxygen atoms in total. The first-order chi connectivity index (χ1) is 11.7. The molecule has 6 heteroatoms. The first kappa shape index (κ1) is 16.5. The summed E-state index contributed by atoms with van der Waals surface area (Å²) in [5, 5.41) is 7.05. The number of aryl methyl sites for hydroxylation is 1. The smallest absolute Gasteiger partial charge is 0.227 e. The summed E-state index contributed by atoms with van der Waals surface area (Å²) in [6, 6.07) is 7.90. The number of carbonyl (C=O) groups excluding carboxylic acids is 1. The number of rotatable bonds is 7. The second-order valence-electron chi connectivity index (χ2n) is 6.02. The maximum absolute atomic E-state index is 11.9. The Balaban J connectivity index is 1.52. The first-order valence-electron chi connectivity index (χ1n) is 8.60. The van der Waals surface area contributed by atoms with Gasteiger partial charge in [-0.05, 0) is 44.0 Å². The van der Waals surface area contributed by atoms with Gasteiger partial charge in [0.25, 0.3) is 0 Å². The highest BCUT2D eigenvalue weighted by Crippen LogP contribution is 2.20. The SMILES string of the molecule is CCOc1ccc(-c2noc(CCC(=O)NC3CCCC3)n2)cc1. The van der Waals surface area contributed by atoms with E-state index in [2.05, 4.69) is 15.5 Å². The van der Waals surface area contributed by atoms with Crippen LogP contribution < -0.4 is 10.1 Å². The number of hydrogen-bond acceptors (Lipinski definition) is 5. The minimum absolute atomic E-state index is 0.0581. The van der Waals surface area contributed by atoms with Crippen molar-refractivity contribution in [1.29, 1.82) is 0 Å². The topological polar surface area (TPSA) is 77.2 Å². The van der Waals surface area contributed by atoms with Crippen LogP contribution in [0.5, 0.6) is 5.75 Å². The van der Waals surface area contributed by atoms with Crippen molar-refractivity contribution in [3.8, 4) is 17.1 Å². The van der Waals surface area contributed by atoms with Crippen LogP contribution >= 0.6 is 0 Å². The van der Waals surface area contributed by atoms with Crippen LogP contribution in [0.2, 0.25) is 0 Å². The lowest BCUT2D eigenvalue weighted by Crippen LogP contribution is -2.32. The van der Waals surface area contributed by atoms with E-state index in [-0.39, 0.29) is 5.91 Å². The van der Waals surface area contributed by atoms with Crippen molar-refractivity contribution in [2.45, 2.75) is 51.5 Å². The number of amides is 1. The van der Waals surface area contributed by atoms with Crippen LogP contribution in [0.4, 0.5) is 0 Å². The van der Waals surface area contributed by atoms with E-state index in [0.717, 1.165) is 24.2 Å². The van der Waals surface area contributed by atoms with Gasteiger partial charge < -0.3 is 14.6 Å². The van der Waals surface area contributed by atoms with E-state index in [0.29, 0.717) is 37.2 Å². The third kappa shape index (κ3) is 4.34. The summed E-state index contributed by atoms with van der Waals surface area (Å²) in [4.78, 5) is 16.3. The molecule has 24 heavy (non-hydrogen) atoms. The Kier molecular flexibility index (Phi) is 5.46. The molecular formula is C18H23N3O3. The van der Waals surface area contributed by atoms with Crippen LogP contribution in [0.25, 0.3) is 11.4 Å². The van der Waals surface area contributed by atoms with E-state index in [4.69, 9.17) is 9.26 Å². The summed E-state index contributed by atoms with van der Waals surface area (Å²) in [5.74, 6) is 1.89. The third-order valence-electron chi connectivity index (χ3n) is 4.18. The molecular weight excluding hydrogens is 306 g/mol. The molecule has 1 amide bonds. The van der Waals surface area contributed by atoms with Gasteiger partial charge in [0.05, 0.1) is 6.61 Å². The number of ether oxygens (including phenoxy) is 1. The van der Waals surface area contributed by atoms with Gasteiger partial charge in [0.2, 0.25) is 17.6 Å². The van der Waals surface area contributed by atoms with Crippen molar-refractivity contribution in [2.24, 2.45) is 0 Å². The molecule has 0 saturated heterocycles. The normalized spacial score (nSPS) is 14.7. The Morgan fingerprint density at radius 1 is 1.29 bits per heavy atom. The van der Waals surface area contributed by atoms with Crippen LogP contribution in [0.1, 0.15) is 44.9 Å². The molecule has 128 valence electrons. The number of hydrogen-bond donors (Lipinski definition) is 1. The molecule has 0 bridgehead atoms. The molecule has 1 aromatic heterocycles.